The Balaban J connectivity index is 2.31. The minimum Gasteiger partial charge on any atom is -0.451 e. The molecule has 2 N–H and O–H groups in total. The quantitative estimate of drug-likeness (QED) is 0.902. The number of hydrogen-bond acceptors (Lipinski definition) is 2. The third-order valence-electron chi connectivity index (χ3n) is 2.60. The second-order valence-corrected chi connectivity index (χ2v) is 4.96. The highest BCUT2D eigenvalue weighted by Crippen LogP contribution is 2.30. The van der Waals surface area contributed by atoms with E-state index in [1.807, 2.05) is 0 Å². The summed E-state index contributed by atoms with van der Waals surface area (Å²) in [6.07, 6.45) is 0.371. The van der Waals surface area contributed by atoms with Crippen molar-refractivity contribution in [3.63, 3.8) is 0 Å². The third-order valence-corrected chi connectivity index (χ3v) is 3.21. The largest absolute Gasteiger partial charge is 0.451 e. The average molecular weight is 346 g/mol. The molecular weight excluding hydrogens is 335 g/mol. The first-order valence-electron chi connectivity index (χ1n) is 5.82. The van der Waals surface area contributed by atoms with Gasteiger partial charge in [0.25, 0.3) is 0 Å². The molecule has 0 saturated heterocycles. The van der Waals surface area contributed by atoms with E-state index >= 15 is 0 Å². The number of halogens is 4. The molecule has 0 bridgehead atoms. The molecule has 0 aliphatic carbocycles. The first-order chi connectivity index (χ1) is 9.51. The van der Waals surface area contributed by atoms with Gasteiger partial charge in [0.15, 0.2) is 17.4 Å². The summed E-state index contributed by atoms with van der Waals surface area (Å²) in [5.41, 5.74) is 5.79. The topological polar surface area (TPSA) is 35.2 Å². The summed E-state index contributed by atoms with van der Waals surface area (Å²) >= 11 is 2.97. The van der Waals surface area contributed by atoms with Gasteiger partial charge in [-0.3, -0.25) is 0 Å². The molecule has 2 aromatic carbocycles. The van der Waals surface area contributed by atoms with Crippen molar-refractivity contribution in [2.45, 2.75) is 6.42 Å². The highest BCUT2D eigenvalue weighted by Gasteiger charge is 2.14. The van der Waals surface area contributed by atoms with E-state index < -0.39 is 23.2 Å². The van der Waals surface area contributed by atoms with Crippen LogP contribution in [0.3, 0.4) is 0 Å². The first-order valence-corrected chi connectivity index (χ1v) is 6.61. The van der Waals surface area contributed by atoms with Crippen LogP contribution < -0.4 is 10.5 Å². The van der Waals surface area contributed by atoms with E-state index in [0.717, 1.165) is 6.07 Å². The number of benzene rings is 2. The fourth-order valence-electron chi connectivity index (χ4n) is 1.68. The van der Waals surface area contributed by atoms with Crippen LogP contribution in [0.5, 0.6) is 11.5 Å². The summed E-state index contributed by atoms with van der Waals surface area (Å²) < 4.78 is 46.0. The fraction of sp³-hybridized carbons (Fsp3) is 0.143. The predicted octanol–water partition coefficient (Wildman–Crippen LogP) is 4.16. The Morgan fingerprint density at radius 3 is 2.20 bits per heavy atom. The molecule has 6 heteroatoms. The number of rotatable bonds is 4. The van der Waals surface area contributed by atoms with E-state index in [0.29, 0.717) is 18.5 Å². The summed E-state index contributed by atoms with van der Waals surface area (Å²) in [6, 6.07) is 6.06. The van der Waals surface area contributed by atoms with E-state index in [4.69, 9.17) is 10.5 Å². The molecule has 0 heterocycles. The summed E-state index contributed by atoms with van der Waals surface area (Å²) in [6.45, 7) is 0.296. The molecular formula is C14H11BrF3NO. The van der Waals surface area contributed by atoms with E-state index in [9.17, 15) is 13.2 Å². The zero-order chi connectivity index (χ0) is 14.7. The molecule has 2 nitrogen and oxygen atoms in total. The zero-order valence-corrected chi connectivity index (χ0v) is 11.9. The lowest BCUT2D eigenvalue weighted by molar-refractivity contribution is 0.405. The van der Waals surface area contributed by atoms with Crippen LogP contribution in [0, 0.1) is 17.5 Å². The highest BCUT2D eigenvalue weighted by atomic mass is 79.9. The molecule has 20 heavy (non-hydrogen) atoms. The van der Waals surface area contributed by atoms with Crippen molar-refractivity contribution in [1.82, 2.24) is 0 Å². The predicted molar refractivity (Wildman–Crippen MR) is 73.3 cm³/mol. The van der Waals surface area contributed by atoms with E-state index in [-0.39, 0.29) is 10.2 Å². The summed E-state index contributed by atoms with van der Waals surface area (Å²) in [5.74, 6) is -2.54. The van der Waals surface area contributed by atoms with Gasteiger partial charge < -0.3 is 10.5 Å². The van der Waals surface area contributed by atoms with Gasteiger partial charge in [-0.1, -0.05) is 0 Å². The van der Waals surface area contributed by atoms with Crippen LogP contribution in [0.2, 0.25) is 0 Å². The molecule has 0 amide bonds. The van der Waals surface area contributed by atoms with Gasteiger partial charge in [0.05, 0.1) is 4.47 Å². The molecule has 0 spiro atoms. The van der Waals surface area contributed by atoms with Gasteiger partial charge in [0.1, 0.15) is 11.6 Å². The first kappa shape index (κ1) is 14.9. The van der Waals surface area contributed by atoms with Crippen molar-refractivity contribution < 1.29 is 17.9 Å². The van der Waals surface area contributed by atoms with E-state index in [2.05, 4.69) is 15.9 Å². The van der Waals surface area contributed by atoms with Crippen molar-refractivity contribution in [2.24, 2.45) is 5.73 Å². The van der Waals surface area contributed by atoms with Crippen LogP contribution in [-0.4, -0.2) is 6.54 Å². The number of nitrogens with two attached hydrogens (primary N) is 1. The Bertz CT molecular complexity index is 611. The molecule has 106 valence electrons. The molecule has 0 aliphatic heterocycles. The minimum absolute atomic E-state index is 0.127. The molecule has 0 atom stereocenters. The standard InChI is InChI=1S/C14H11BrF3NO/c15-10-7-9(1-2-11(10)16)20-14-12(17)5-8(3-4-19)6-13(14)18/h1-2,5-7H,3-4,19H2. The third kappa shape index (κ3) is 3.32. The molecule has 0 radical (unpaired) electrons. The SMILES string of the molecule is NCCc1cc(F)c(Oc2ccc(F)c(Br)c2)c(F)c1. The Hall–Kier alpha value is -1.53. The maximum absolute atomic E-state index is 13.8. The fourth-order valence-corrected chi connectivity index (χ4v) is 2.04. The van der Waals surface area contributed by atoms with Crippen LogP contribution in [0.15, 0.2) is 34.8 Å². The van der Waals surface area contributed by atoms with Crippen molar-refractivity contribution >= 4 is 15.9 Å². The Morgan fingerprint density at radius 2 is 1.65 bits per heavy atom. The maximum Gasteiger partial charge on any atom is 0.198 e. The van der Waals surface area contributed by atoms with Gasteiger partial charge >= 0.3 is 0 Å². The second kappa shape index (κ2) is 6.28. The van der Waals surface area contributed by atoms with Gasteiger partial charge in [-0.05, 0) is 64.8 Å². The second-order valence-electron chi connectivity index (χ2n) is 4.11. The average Bonchev–Trinajstić information content (AvgIpc) is 2.38. The smallest absolute Gasteiger partial charge is 0.198 e. The van der Waals surface area contributed by atoms with Crippen molar-refractivity contribution in [3.8, 4) is 11.5 Å². The lowest BCUT2D eigenvalue weighted by Crippen LogP contribution is -2.04. The number of hydrogen-bond donors (Lipinski definition) is 1. The lowest BCUT2D eigenvalue weighted by atomic mass is 10.1. The molecule has 2 rings (SSSR count). The van der Waals surface area contributed by atoms with Crippen LogP contribution >= 0.6 is 15.9 Å². The Morgan fingerprint density at radius 1 is 1.00 bits per heavy atom. The van der Waals surface area contributed by atoms with Gasteiger partial charge in [0, 0.05) is 0 Å². The van der Waals surface area contributed by atoms with Gasteiger partial charge in [0.2, 0.25) is 0 Å². The minimum atomic E-state index is -0.825. The van der Waals surface area contributed by atoms with E-state index in [1.165, 1.54) is 24.3 Å². The van der Waals surface area contributed by atoms with E-state index in [1.54, 1.807) is 0 Å². The van der Waals surface area contributed by atoms with Gasteiger partial charge in [-0.15, -0.1) is 0 Å². The van der Waals surface area contributed by atoms with Gasteiger partial charge in [-0.25, -0.2) is 13.2 Å². The van der Waals surface area contributed by atoms with Crippen molar-refractivity contribution in [2.75, 3.05) is 6.54 Å². The maximum atomic E-state index is 13.8. The number of ether oxygens (including phenoxy) is 1. The lowest BCUT2D eigenvalue weighted by Gasteiger charge is -2.10. The zero-order valence-electron chi connectivity index (χ0n) is 10.3. The summed E-state index contributed by atoms with van der Waals surface area (Å²) in [7, 11) is 0. The van der Waals surface area contributed by atoms with Crippen LogP contribution in [0.1, 0.15) is 5.56 Å². The Kier molecular flexibility index (Phi) is 4.67. The van der Waals surface area contributed by atoms with Crippen LogP contribution in [0.25, 0.3) is 0 Å². The van der Waals surface area contributed by atoms with Gasteiger partial charge in [-0.2, -0.15) is 0 Å². The normalized spacial score (nSPS) is 10.7. The highest BCUT2D eigenvalue weighted by molar-refractivity contribution is 9.10. The monoisotopic (exact) mass is 345 g/mol. The summed E-state index contributed by atoms with van der Waals surface area (Å²) in [4.78, 5) is 0. The molecule has 0 aromatic heterocycles. The molecule has 0 fully saturated rings. The molecule has 0 aliphatic rings. The van der Waals surface area contributed by atoms with Crippen molar-refractivity contribution in [3.05, 3.63) is 57.8 Å². The molecule has 0 unspecified atom stereocenters. The molecule has 2 aromatic rings. The summed E-state index contributed by atoms with van der Waals surface area (Å²) in [5, 5.41) is 0. The Labute approximate surface area is 122 Å². The van der Waals surface area contributed by atoms with Crippen LogP contribution in [-0.2, 0) is 6.42 Å². The van der Waals surface area contributed by atoms with Crippen LogP contribution in [0.4, 0.5) is 13.2 Å². The molecule has 0 saturated carbocycles. The van der Waals surface area contributed by atoms with Crippen molar-refractivity contribution in [1.29, 1.82) is 0 Å².